The van der Waals surface area contributed by atoms with Crippen molar-refractivity contribution in [2.45, 2.75) is 6.42 Å². The number of rotatable bonds is 2. The minimum Gasteiger partial charge on any atom is -0.241 e. The van der Waals surface area contributed by atoms with E-state index >= 15 is 0 Å². The Balaban J connectivity index is 2.22. The van der Waals surface area contributed by atoms with Crippen LogP contribution in [0.2, 0.25) is 10.2 Å². The summed E-state index contributed by atoms with van der Waals surface area (Å²) in [5.41, 5.74) is 2.09. The minimum atomic E-state index is 0.523. The van der Waals surface area contributed by atoms with Gasteiger partial charge < -0.3 is 0 Å². The highest BCUT2D eigenvalue weighted by Gasteiger charge is 1.99. The smallest absolute Gasteiger partial charge is 0.129 e. The highest BCUT2D eigenvalue weighted by molar-refractivity contribution is 6.30. The number of hydrogen-bond donors (Lipinski definition) is 0. The molecule has 0 bridgehead atoms. The van der Waals surface area contributed by atoms with Crippen molar-refractivity contribution < 1.29 is 0 Å². The van der Waals surface area contributed by atoms with E-state index in [9.17, 15) is 0 Å². The Bertz CT molecular complexity index is 425. The van der Waals surface area contributed by atoms with Crippen molar-refractivity contribution in [2.75, 3.05) is 0 Å². The summed E-state index contributed by atoms with van der Waals surface area (Å²) < 4.78 is 0. The van der Waals surface area contributed by atoms with E-state index in [0.29, 0.717) is 5.15 Å². The number of benzene rings is 1. The fourth-order valence-electron chi connectivity index (χ4n) is 1.40. The van der Waals surface area contributed by atoms with Gasteiger partial charge in [-0.2, -0.15) is 0 Å². The third-order valence-corrected chi connectivity index (χ3v) is 2.49. The standard InChI is InChI=1S/C12H9Cl2N/c13-10-4-1-3-9(7-10)8-11-5-2-6-12(14)15-11/h1-7H,8H2. The highest BCUT2D eigenvalue weighted by atomic mass is 35.5. The molecular weight excluding hydrogens is 229 g/mol. The summed E-state index contributed by atoms with van der Waals surface area (Å²) in [6.45, 7) is 0. The van der Waals surface area contributed by atoms with Crippen LogP contribution in [0.3, 0.4) is 0 Å². The summed E-state index contributed by atoms with van der Waals surface area (Å²) in [6, 6.07) is 13.4. The molecule has 0 saturated carbocycles. The molecule has 0 aliphatic rings. The lowest BCUT2D eigenvalue weighted by Gasteiger charge is -2.01. The van der Waals surface area contributed by atoms with Gasteiger partial charge in [-0.3, -0.25) is 0 Å². The van der Waals surface area contributed by atoms with Gasteiger partial charge in [-0.25, -0.2) is 4.98 Å². The molecule has 15 heavy (non-hydrogen) atoms. The van der Waals surface area contributed by atoms with Crippen LogP contribution in [0.4, 0.5) is 0 Å². The molecule has 76 valence electrons. The van der Waals surface area contributed by atoms with E-state index in [1.54, 1.807) is 6.07 Å². The number of nitrogens with zero attached hydrogens (tertiary/aromatic N) is 1. The lowest BCUT2D eigenvalue weighted by atomic mass is 10.1. The molecule has 0 aliphatic heterocycles. The average Bonchev–Trinajstić information content (AvgIpc) is 2.17. The summed E-state index contributed by atoms with van der Waals surface area (Å²) in [4.78, 5) is 4.22. The van der Waals surface area contributed by atoms with Gasteiger partial charge in [-0.1, -0.05) is 41.4 Å². The molecule has 0 aliphatic carbocycles. The van der Waals surface area contributed by atoms with Crippen molar-refractivity contribution in [3.8, 4) is 0 Å². The molecule has 1 aromatic carbocycles. The molecule has 3 heteroatoms. The predicted octanol–water partition coefficient (Wildman–Crippen LogP) is 3.98. The Morgan fingerprint density at radius 2 is 1.80 bits per heavy atom. The zero-order chi connectivity index (χ0) is 10.7. The Labute approximate surface area is 98.7 Å². The SMILES string of the molecule is Clc1cccc(Cc2cccc(Cl)n2)c1. The van der Waals surface area contributed by atoms with Crippen LogP contribution in [0.5, 0.6) is 0 Å². The fourth-order valence-corrected chi connectivity index (χ4v) is 1.80. The Morgan fingerprint density at radius 1 is 1.00 bits per heavy atom. The van der Waals surface area contributed by atoms with Gasteiger partial charge in [-0.15, -0.1) is 0 Å². The zero-order valence-electron chi connectivity index (χ0n) is 7.95. The van der Waals surface area contributed by atoms with Crippen molar-refractivity contribution >= 4 is 23.2 Å². The quantitative estimate of drug-likeness (QED) is 0.721. The van der Waals surface area contributed by atoms with E-state index in [4.69, 9.17) is 23.2 Å². The number of aromatic nitrogens is 1. The van der Waals surface area contributed by atoms with Crippen molar-refractivity contribution in [3.05, 3.63) is 63.9 Å². The first-order valence-corrected chi connectivity index (χ1v) is 5.35. The topological polar surface area (TPSA) is 12.9 Å². The third kappa shape index (κ3) is 2.95. The lowest BCUT2D eigenvalue weighted by molar-refractivity contribution is 1.07. The summed E-state index contributed by atoms with van der Waals surface area (Å²) in [5.74, 6) is 0. The normalized spacial score (nSPS) is 10.3. The van der Waals surface area contributed by atoms with E-state index < -0.39 is 0 Å². The van der Waals surface area contributed by atoms with Gasteiger partial charge in [0, 0.05) is 17.1 Å². The van der Waals surface area contributed by atoms with Crippen LogP contribution in [-0.2, 0) is 6.42 Å². The van der Waals surface area contributed by atoms with E-state index in [0.717, 1.165) is 22.7 Å². The van der Waals surface area contributed by atoms with Crippen molar-refractivity contribution in [1.82, 2.24) is 4.98 Å². The minimum absolute atomic E-state index is 0.523. The molecule has 1 heterocycles. The number of hydrogen-bond acceptors (Lipinski definition) is 1. The summed E-state index contributed by atoms with van der Waals surface area (Å²) in [7, 11) is 0. The first-order chi connectivity index (χ1) is 7.24. The van der Waals surface area contributed by atoms with Crippen molar-refractivity contribution in [3.63, 3.8) is 0 Å². The largest absolute Gasteiger partial charge is 0.241 e. The van der Waals surface area contributed by atoms with Crippen molar-refractivity contribution in [2.24, 2.45) is 0 Å². The molecule has 0 radical (unpaired) electrons. The maximum absolute atomic E-state index is 5.90. The highest BCUT2D eigenvalue weighted by Crippen LogP contribution is 2.14. The Morgan fingerprint density at radius 3 is 2.53 bits per heavy atom. The van der Waals surface area contributed by atoms with Gasteiger partial charge in [0.1, 0.15) is 5.15 Å². The van der Waals surface area contributed by atoms with Crippen LogP contribution in [0.25, 0.3) is 0 Å². The molecule has 0 spiro atoms. The zero-order valence-corrected chi connectivity index (χ0v) is 9.46. The first-order valence-electron chi connectivity index (χ1n) is 4.60. The molecule has 1 aromatic heterocycles. The summed E-state index contributed by atoms with van der Waals surface area (Å²) in [5, 5.41) is 1.27. The second kappa shape index (κ2) is 4.65. The van der Waals surface area contributed by atoms with Crippen LogP contribution in [-0.4, -0.2) is 4.98 Å². The van der Waals surface area contributed by atoms with E-state index in [2.05, 4.69) is 4.98 Å². The van der Waals surface area contributed by atoms with Gasteiger partial charge in [-0.05, 0) is 29.8 Å². The molecule has 0 unspecified atom stereocenters. The number of pyridine rings is 1. The second-order valence-corrected chi connectivity index (χ2v) is 4.08. The average molecular weight is 238 g/mol. The summed E-state index contributed by atoms with van der Waals surface area (Å²) >= 11 is 11.7. The van der Waals surface area contributed by atoms with E-state index in [1.165, 1.54) is 0 Å². The monoisotopic (exact) mass is 237 g/mol. The predicted molar refractivity (Wildman–Crippen MR) is 63.5 cm³/mol. The van der Waals surface area contributed by atoms with Crippen LogP contribution in [0.1, 0.15) is 11.3 Å². The molecule has 0 saturated heterocycles. The van der Waals surface area contributed by atoms with Crippen molar-refractivity contribution in [1.29, 1.82) is 0 Å². The van der Waals surface area contributed by atoms with Crippen LogP contribution < -0.4 is 0 Å². The maximum Gasteiger partial charge on any atom is 0.129 e. The Hall–Kier alpha value is -1.05. The van der Waals surface area contributed by atoms with E-state index in [1.807, 2.05) is 36.4 Å². The molecule has 0 atom stereocenters. The fraction of sp³-hybridized carbons (Fsp3) is 0.0833. The first kappa shape index (κ1) is 10.5. The van der Waals surface area contributed by atoms with Gasteiger partial charge in [0.05, 0.1) is 0 Å². The maximum atomic E-state index is 5.90. The van der Waals surface area contributed by atoms with Gasteiger partial charge in [0.25, 0.3) is 0 Å². The molecule has 2 rings (SSSR count). The molecule has 0 fully saturated rings. The molecule has 2 aromatic rings. The van der Waals surface area contributed by atoms with Gasteiger partial charge >= 0.3 is 0 Å². The Kier molecular flexibility index (Phi) is 3.24. The second-order valence-electron chi connectivity index (χ2n) is 3.26. The molecule has 0 amide bonds. The summed E-state index contributed by atoms with van der Waals surface area (Å²) in [6.07, 6.45) is 0.751. The van der Waals surface area contributed by atoms with Crippen LogP contribution in [0, 0.1) is 0 Å². The van der Waals surface area contributed by atoms with Crippen LogP contribution in [0.15, 0.2) is 42.5 Å². The molecule has 0 N–H and O–H groups in total. The van der Waals surface area contributed by atoms with Gasteiger partial charge in [0.2, 0.25) is 0 Å². The lowest BCUT2D eigenvalue weighted by Crippen LogP contribution is -1.91. The van der Waals surface area contributed by atoms with E-state index in [-0.39, 0.29) is 0 Å². The van der Waals surface area contributed by atoms with Gasteiger partial charge in [0.15, 0.2) is 0 Å². The molecule has 1 nitrogen and oxygen atoms in total. The molecular formula is C12H9Cl2N. The number of halogens is 2. The van der Waals surface area contributed by atoms with Crippen LogP contribution >= 0.6 is 23.2 Å². The third-order valence-electron chi connectivity index (χ3n) is 2.05.